The molecule has 1 aromatic rings. The first-order chi connectivity index (χ1) is 7.56. The molecule has 0 aromatic heterocycles. The SMILES string of the molecule is COc1ccc(CCCC(=O)O)c(F)c1O. The molecule has 0 spiro atoms. The number of phenols is 1. The number of carbonyl (C=O) groups is 1. The molecule has 0 fully saturated rings. The lowest BCUT2D eigenvalue weighted by Gasteiger charge is -2.07. The van der Waals surface area contributed by atoms with E-state index in [9.17, 15) is 14.3 Å². The monoisotopic (exact) mass is 228 g/mol. The van der Waals surface area contributed by atoms with Gasteiger partial charge in [-0.15, -0.1) is 0 Å². The minimum absolute atomic E-state index is 0.0216. The molecule has 0 aliphatic rings. The van der Waals surface area contributed by atoms with Crippen LogP contribution in [-0.4, -0.2) is 23.3 Å². The number of halogens is 1. The lowest BCUT2D eigenvalue weighted by Crippen LogP contribution is -1.98. The summed E-state index contributed by atoms with van der Waals surface area (Å²) in [6.07, 6.45) is 0.583. The Balaban J connectivity index is 2.74. The van der Waals surface area contributed by atoms with Crippen molar-refractivity contribution < 1.29 is 24.1 Å². The quantitative estimate of drug-likeness (QED) is 0.808. The summed E-state index contributed by atoms with van der Waals surface area (Å²) in [4.78, 5) is 10.3. The zero-order valence-corrected chi connectivity index (χ0v) is 8.86. The lowest BCUT2D eigenvalue weighted by atomic mass is 10.1. The van der Waals surface area contributed by atoms with E-state index in [-0.39, 0.29) is 18.6 Å². The lowest BCUT2D eigenvalue weighted by molar-refractivity contribution is -0.137. The van der Waals surface area contributed by atoms with Crippen LogP contribution >= 0.6 is 0 Å². The molecule has 2 N–H and O–H groups in total. The van der Waals surface area contributed by atoms with Crippen LogP contribution < -0.4 is 4.74 Å². The first kappa shape index (κ1) is 12.3. The number of hydrogen-bond donors (Lipinski definition) is 2. The Labute approximate surface area is 92.3 Å². The summed E-state index contributed by atoms with van der Waals surface area (Å²) in [5.74, 6) is -2.13. The topological polar surface area (TPSA) is 66.8 Å². The highest BCUT2D eigenvalue weighted by Crippen LogP contribution is 2.31. The highest BCUT2D eigenvalue weighted by molar-refractivity contribution is 5.66. The van der Waals surface area contributed by atoms with Crippen LogP contribution in [0.1, 0.15) is 18.4 Å². The molecule has 16 heavy (non-hydrogen) atoms. The van der Waals surface area contributed by atoms with E-state index in [0.717, 1.165) is 0 Å². The van der Waals surface area contributed by atoms with Gasteiger partial charge in [0.25, 0.3) is 0 Å². The van der Waals surface area contributed by atoms with Gasteiger partial charge in [-0.2, -0.15) is 0 Å². The summed E-state index contributed by atoms with van der Waals surface area (Å²) in [6, 6.07) is 2.93. The molecule has 4 nitrogen and oxygen atoms in total. The van der Waals surface area contributed by atoms with Crippen LogP contribution in [0.15, 0.2) is 12.1 Å². The summed E-state index contributed by atoms with van der Waals surface area (Å²) >= 11 is 0. The number of benzene rings is 1. The van der Waals surface area contributed by atoms with Crippen molar-refractivity contribution in [1.82, 2.24) is 0 Å². The second-order valence-corrected chi connectivity index (χ2v) is 3.34. The van der Waals surface area contributed by atoms with Crippen molar-refractivity contribution in [2.45, 2.75) is 19.3 Å². The first-order valence-electron chi connectivity index (χ1n) is 4.82. The summed E-state index contributed by atoms with van der Waals surface area (Å²) in [6.45, 7) is 0. The van der Waals surface area contributed by atoms with Crippen LogP contribution in [0.2, 0.25) is 0 Å². The van der Waals surface area contributed by atoms with Gasteiger partial charge in [0.1, 0.15) is 0 Å². The maximum absolute atomic E-state index is 13.5. The van der Waals surface area contributed by atoms with Gasteiger partial charge in [0, 0.05) is 6.42 Å². The predicted molar refractivity (Wildman–Crippen MR) is 55.2 cm³/mol. The average molecular weight is 228 g/mol. The molecule has 88 valence electrons. The zero-order chi connectivity index (χ0) is 12.1. The molecule has 0 heterocycles. The number of aliphatic carboxylic acids is 1. The molecule has 0 unspecified atom stereocenters. The molecule has 0 aliphatic heterocycles. The fraction of sp³-hybridized carbons (Fsp3) is 0.364. The van der Waals surface area contributed by atoms with Crippen molar-refractivity contribution in [2.75, 3.05) is 7.11 Å². The molecule has 0 radical (unpaired) electrons. The Morgan fingerprint density at radius 1 is 1.50 bits per heavy atom. The number of carboxylic acids is 1. The number of carboxylic acid groups (broad SMARTS) is 1. The molecule has 0 aliphatic carbocycles. The van der Waals surface area contributed by atoms with Crippen LogP contribution in [0, 0.1) is 5.82 Å². The van der Waals surface area contributed by atoms with Crippen molar-refractivity contribution >= 4 is 5.97 Å². The molecule has 0 atom stereocenters. The second-order valence-electron chi connectivity index (χ2n) is 3.34. The van der Waals surface area contributed by atoms with E-state index in [4.69, 9.17) is 9.84 Å². The van der Waals surface area contributed by atoms with E-state index < -0.39 is 17.5 Å². The standard InChI is InChI=1S/C11H13FO4/c1-16-8-6-5-7(10(12)11(8)15)3-2-4-9(13)14/h5-6,15H,2-4H2,1H3,(H,13,14). The molecule has 0 bridgehead atoms. The van der Waals surface area contributed by atoms with Crippen LogP contribution in [-0.2, 0) is 11.2 Å². The minimum atomic E-state index is -0.918. The zero-order valence-electron chi connectivity index (χ0n) is 8.86. The Hall–Kier alpha value is -1.78. The normalized spacial score (nSPS) is 10.1. The third-order valence-corrected chi connectivity index (χ3v) is 2.22. The van der Waals surface area contributed by atoms with Gasteiger partial charge in [-0.25, -0.2) is 4.39 Å². The number of ether oxygens (including phenoxy) is 1. The van der Waals surface area contributed by atoms with Crippen LogP contribution in [0.25, 0.3) is 0 Å². The van der Waals surface area contributed by atoms with E-state index in [1.807, 2.05) is 0 Å². The minimum Gasteiger partial charge on any atom is -0.502 e. The summed E-state index contributed by atoms with van der Waals surface area (Å²) < 4.78 is 18.2. The molecule has 0 saturated carbocycles. The van der Waals surface area contributed by atoms with Crippen LogP contribution in [0.4, 0.5) is 4.39 Å². The third kappa shape index (κ3) is 2.85. The molecule has 1 aromatic carbocycles. The summed E-state index contributed by atoms with van der Waals surface area (Å²) in [5, 5.41) is 17.8. The highest BCUT2D eigenvalue weighted by atomic mass is 19.1. The van der Waals surface area contributed by atoms with Crippen molar-refractivity contribution in [3.05, 3.63) is 23.5 Å². The number of aryl methyl sites for hydroxylation is 1. The van der Waals surface area contributed by atoms with Crippen LogP contribution in [0.5, 0.6) is 11.5 Å². The van der Waals surface area contributed by atoms with Gasteiger partial charge in [-0.1, -0.05) is 6.07 Å². The van der Waals surface area contributed by atoms with Gasteiger partial charge < -0.3 is 14.9 Å². The molecule has 5 heteroatoms. The van der Waals surface area contributed by atoms with Crippen molar-refractivity contribution in [2.24, 2.45) is 0 Å². The van der Waals surface area contributed by atoms with E-state index in [0.29, 0.717) is 12.0 Å². The van der Waals surface area contributed by atoms with Gasteiger partial charge in [-0.05, 0) is 24.5 Å². The van der Waals surface area contributed by atoms with E-state index in [1.54, 1.807) is 0 Å². The second kappa shape index (κ2) is 5.34. The maximum Gasteiger partial charge on any atom is 0.303 e. The average Bonchev–Trinajstić information content (AvgIpc) is 2.24. The van der Waals surface area contributed by atoms with Gasteiger partial charge in [0.05, 0.1) is 7.11 Å². The van der Waals surface area contributed by atoms with Crippen LogP contribution in [0.3, 0.4) is 0 Å². The predicted octanol–water partition coefficient (Wildman–Crippen LogP) is 1.95. The van der Waals surface area contributed by atoms with Crippen molar-refractivity contribution in [3.63, 3.8) is 0 Å². The fourth-order valence-electron chi connectivity index (χ4n) is 1.38. The summed E-state index contributed by atoms with van der Waals surface area (Å²) in [7, 11) is 1.33. The Morgan fingerprint density at radius 3 is 2.75 bits per heavy atom. The summed E-state index contributed by atoms with van der Waals surface area (Å²) in [5.41, 5.74) is 0.291. The van der Waals surface area contributed by atoms with E-state index in [1.165, 1.54) is 19.2 Å². The number of methoxy groups -OCH3 is 1. The first-order valence-corrected chi connectivity index (χ1v) is 4.82. The van der Waals surface area contributed by atoms with Gasteiger partial charge in [0.2, 0.25) is 0 Å². The number of hydrogen-bond acceptors (Lipinski definition) is 3. The highest BCUT2D eigenvalue weighted by Gasteiger charge is 2.12. The van der Waals surface area contributed by atoms with Gasteiger partial charge in [0.15, 0.2) is 17.3 Å². The number of aromatic hydroxyl groups is 1. The molecule has 0 amide bonds. The Morgan fingerprint density at radius 2 is 2.19 bits per heavy atom. The Kier molecular flexibility index (Phi) is 4.10. The Bertz CT molecular complexity index is 390. The largest absolute Gasteiger partial charge is 0.502 e. The van der Waals surface area contributed by atoms with E-state index >= 15 is 0 Å². The van der Waals surface area contributed by atoms with Gasteiger partial charge in [-0.3, -0.25) is 4.79 Å². The number of rotatable bonds is 5. The van der Waals surface area contributed by atoms with Crippen molar-refractivity contribution in [3.8, 4) is 11.5 Å². The molecule has 1 rings (SSSR count). The van der Waals surface area contributed by atoms with E-state index in [2.05, 4.69) is 0 Å². The van der Waals surface area contributed by atoms with Gasteiger partial charge >= 0.3 is 5.97 Å². The molecule has 0 saturated heterocycles. The maximum atomic E-state index is 13.5. The number of phenolic OH excluding ortho intramolecular Hbond substituents is 1. The molecular weight excluding hydrogens is 215 g/mol. The molecular formula is C11H13FO4. The fourth-order valence-corrected chi connectivity index (χ4v) is 1.38. The van der Waals surface area contributed by atoms with Crippen molar-refractivity contribution in [1.29, 1.82) is 0 Å². The third-order valence-electron chi connectivity index (χ3n) is 2.22. The smallest absolute Gasteiger partial charge is 0.303 e.